The van der Waals surface area contributed by atoms with Gasteiger partial charge in [0.1, 0.15) is 23.2 Å². The van der Waals surface area contributed by atoms with E-state index in [0.717, 1.165) is 5.56 Å². The van der Waals surface area contributed by atoms with Crippen molar-refractivity contribution >= 4 is 38.4 Å². The van der Waals surface area contributed by atoms with Crippen LogP contribution in [0.1, 0.15) is 50.5 Å². The zero-order chi connectivity index (χ0) is 26.5. The molecule has 2 aromatic heterocycles. The maximum atomic E-state index is 13.5. The number of ketones is 1. The molecule has 190 valence electrons. The van der Waals surface area contributed by atoms with E-state index in [1.807, 2.05) is 0 Å². The van der Waals surface area contributed by atoms with Crippen molar-refractivity contribution < 1.29 is 22.4 Å². The Morgan fingerprint density at radius 3 is 2.65 bits per heavy atom. The SMILES string of the molecule is CC(=O)c1ccc2c(c1)S(=O)(=O)CC2Nc1c2ncnc(C(=O)NCc3ccc(F)c(C)c3)c2nn1C. The minimum Gasteiger partial charge on any atom is -0.361 e. The number of amides is 1. The van der Waals surface area contributed by atoms with Crippen molar-refractivity contribution in [2.24, 2.45) is 7.05 Å². The maximum Gasteiger partial charge on any atom is 0.272 e. The monoisotopic (exact) mass is 522 g/mol. The van der Waals surface area contributed by atoms with E-state index < -0.39 is 21.8 Å². The van der Waals surface area contributed by atoms with E-state index >= 15 is 0 Å². The van der Waals surface area contributed by atoms with Gasteiger partial charge in [-0.15, -0.1) is 0 Å². The van der Waals surface area contributed by atoms with Crippen molar-refractivity contribution in [2.45, 2.75) is 31.3 Å². The minimum absolute atomic E-state index is 0.0537. The Kier molecular flexibility index (Phi) is 5.98. The highest BCUT2D eigenvalue weighted by Gasteiger charge is 2.36. The molecule has 1 aliphatic heterocycles. The molecule has 0 saturated heterocycles. The molecule has 3 heterocycles. The Morgan fingerprint density at radius 1 is 1.14 bits per heavy atom. The van der Waals surface area contributed by atoms with Gasteiger partial charge in [0.2, 0.25) is 0 Å². The van der Waals surface area contributed by atoms with E-state index in [0.29, 0.717) is 28.0 Å². The number of hydrogen-bond acceptors (Lipinski definition) is 8. The van der Waals surface area contributed by atoms with Gasteiger partial charge in [-0.3, -0.25) is 14.3 Å². The summed E-state index contributed by atoms with van der Waals surface area (Å²) in [6.07, 6.45) is 1.24. The molecule has 1 atom stereocenters. The summed E-state index contributed by atoms with van der Waals surface area (Å²) in [4.78, 5) is 33.2. The lowest BCUT2D eigenvalue weighted by molar-refractivity contribution is 0.0946. The van der Waals surface area contributed by atoms with Gasteiger partial charge >= 0.3 is 0 Å². The Balaban J connectivity index is 1.43. The van der Waals surface area contributed by atoms with Crippen molar-refractivity contribution in [3.05, 3.63) is 76.5 Å². The lowest BCUT2D eigenvalue weighted by Gasteiger charge is -2.14. The highest BCUT2D eigenvalue weighted by atomic mass is 32.2. The molecule has 0 bridgehead atoms. The van der Waals surface area contributed by atoms with Gasteiger partial charge in [-0.05, 0) is 42.7 Å². The molecule has 0 fully saturated rings. The average Bonchev–Trinajstić information content (AvgIpc) is 3.31. The van der Waals surface area contributed by atoms with Gasteiger partial charge in [0.05, 0.1) is 16.7 Å². The van der Waals surface area contributed by atoms with Gasteiger partial charge in [-0.25, -0.2) is 22.8 Å². The van der Waals surface area contributed by atoms with Crippen molar-refractivity contribution in [3.8, 4) is 0 Å². The van der Waals surface area contributed by atoms with Crippen LogP contribution in [0.25, 0.3) is 11.0 Å². The normalized spacial score (nSPS) is 15.9. The topological polar surface area (TPSA) is 136 Å². The first-order valence-corrected chi connectivity index (χ1v) is 13.1. The number of sulfone groups is 1. The Labute approximate surface area is 211 Å². The summed E-state index contributed by atoms with van der Waals surface area (Å²) in [5, 5.41) is 10.4. The summed E-state index contributed by atoms with van der Waals surface area (Å²) in [5.74, 6) is -0.803. The largest absolute Gasteiger partial charge is 0.361 e. The number of anilines is 1. The molecule has 10 nitrogen and oxygen atoms in total. The lowest BCUT2D eigenvalue weighted by atomic mass is 10.0. The predicted octanol–water partition coefficient (Wildman–Crippen LogP) is 2.88. The summed E-state index contributed by atoms with van der Waals surface area (Å²) in [7, 11) is -1.96. The first-order chi connectivity index (χ1) is 17.5. The van der Waals surface area contributed by atoms with Crippen LogP contribution < -0.4 is 10.6 Å². The van der Waals surface area contributed by atoms with Crippen LogP contribution in [0.2, 0.25) is 0 Å². The van der Waals surface area contributed by atoms with E-state index in [1.165, 1.54) is 30.1 Å². The number of Topliss-reactive ketones (excluding diaryl/α,β-unsaturated/α-hetero) is 1. The highest BCUT2D eigenvalue weighted by Crippen LogP contribution is 2.37. The number of fused-ring (bicyclic) bond motifs is 2. The summed E-state index contributed by atoms with van der Waals surface area (Å²) in [6.45, 7) is 3.20. The molecule has 2 aromatic carbocycles. The Bertz CT molecular complexity index is 1700. The molecule has 1 amide bonds. The fraction of sp³-hybridized carbons (Fsp3) is 0.240. The van der Waals surface area contributed by atoms with Crippen LogP contribution in [-0.2, 0) is 23.4 Å². The van der Waals surface area contributed by atoms with Gasteiger partial charge in [0.25, 0.3) is 5.91 Å². The number of aryl methyl sites for hydroxylation is 2. The Morgan fingerprint density at radius 2 is 1.92 bits per heavy atom. The third-order valence-corrected chi connectivity index (χ3v) is 8.13. The summed E-state index contributed by atoms with van der Waals surface area (Å²) >= 11 is 0. The fourth-order valence-corrected chi connectivity index (χ4v) is 6.16. The van der Waals surface area contributed by atoms with Crippen LogP contribution in [0.3, 0.4) is 0 Å². The van der Waals surface area contributed by atoms with Crippen LogP contribution in [0.4, 0.5) is 10.2 Å². The summed E-state index contributed by atoms with van der Waals surface area (Å²) in [6, 6.07) is 8.63. The quantitative estimate of drug-likeness (QED) is 0.369. The number of halogens is 1. The zero-order valence-corrected chi connectivity index (χ0v) is 21.1. The molecule has 0 radical (unpaired) electrons. The third-order valence-electron chi connectivity index (χ3n) is 6.34. The second kappa shape index (κ2) is 9.04. The number of carbonyl (C=O) groups excluding carboxylic acids is 2. The second-order valence-corrected chi connectivity index (χ2v) is 10.9. The standard InChI is InChI=1S/C25H23FN6O4S/c1-13-8-15(4-7-18(13)26)10-27-25(34)23-21-22(28-12-29-23)24(32(3)31-21)30-19-11-37(35,36)20-9-16(14(2)33)5-6-17(19)20/h4-9,12,19,30H,10-11H2,1-3H3,(H,27,34). The molecule has 0 spiro atoms. The van der Waals surface area contributed by atoms with E-state index in [9.17, 15) is 22.4 Å². The predicted molar refractivity (Wildman–Crippen MR) is 133 cm³/mol. The molecular formula is C25H23FN6O4S. The van der Waals surface area contributed by atoms with Crippen molar-refractivity contribution in [2.75, 3.05) is 11.1 Å². The first kappa shape index (κ1) is 24.5. The van der Waals surface area contributed by atoms with Crippen molar-refractivity contribution in [1.29, 1.82) is 0 Å². The van der Waals surface area contributed by atoms with Gasteiger partial charge in [-0.1, -0.05) is 24.3 Å². The van der Waals surface area contributed by atoms with E-state index in [1.54, 1.807) is 38.2 Å². The number of carbonyl (C=O) groups is 2. The molecule has 0 aliphatic carbocycles. The van der Waals surface area contributed by atoms with Gasteiger partial charge < -0.3 is 10.6 Å². The zero-order valence-electron chi connectivity index (χ0n) is 20.2. The molecule has 0 saturated carbocycles. The van der Waals surface area contributed by atoms with Crippen LogP contribution in [-0.4, -0.2) is 45.6 Å². The number of nitrogens with one attached hydrogen (secondary N) is 2. The number of rotatable bonds is 6. The first-order valence-electron chi connectivity index (χ1n) is 11.4. The van der Waals surface area contributed by atoms with Crippen molar-refractivity contribution in [1.82, 2.24) is 25.1 Å². The second-order valence-electron chi connectivity index (χ2n) is 8.95. The minimum atomic E-state index is -3.61. The number of benzene rings is 2. The maximum absolute atomic E-state index is 13.5. The van der Waals surface area contributed by atoms with Crippen LogP contribution in [0.5, 0.6) is 0 Å². The van der Waals surface area contributed by atoms with Crippen LogP contribution in [0, 0.1) is 12.7 Å². The molecule has 2 N–H and O–H groups in total. The van der Waals surface area contributed by atoms with Gasteiger partial charge in [0, 0.05) is 19.2 Å². The smallest absolute Gasteiger partial charge is 0.272 e. The fourth-order valence-electron chi connectivity index (χ4n) is 4.40. The Hall–Kier alpha value is -4.19. The molecular weight excluding hydrogens is 499 g/mol. The number of nitrogens with zero attached hydrogens (tertiary/aromatic N) is 4. The molecule has 1 unspecified atom stereocenters. The van der Waals surface area contributed by atoms with E-state index in [2.05, 4.69) is 25.7 Å². The van der Waals surface area contributed by atoms with E-state index in [-0.39, 0.29) is 40.0 Å². The van der Waals surface area contributed by atoms with Gasteiger partial charge in [0.15, 0.2) is 27.1 Å². The van der Waals surface area contributed by atoms with E-state index in [4.69, 9.17) is 0 Å². The third kappa shape index (κ3) is 4.44. The average molecular weight is 523 g/mol. The number of aromatic nitrogens is 4. The number of hydrogen-bond donors (Lipinski definition) is 2. The van der Waals surface area contributed by atoms with Crippen molar-refractivity contribution in [3.63, 3.8) is 0 Å². The molecule has 5 rings (SSSR count). The lowest BCUT2D eigenvalue weighted by Crippen LogP contribution is -2.24. The summed E-state index contributed by atoms with van der Waals surface area (Å²) in [5.41, 5.74) is 2.73. The molecule has 1 aliphatic rings. The van der Waals surface area contributed by atoms with Gasteiger partial charge in [-0.2, -0.15) is 5.10 Å². The molecule has 4 aromatic rings. The molecule has 37 heavy (non-hydrogen) atoms. The molecule has 12 heteroatoms. The van der Waals surface area contributed by atoms with Crippen LogP contribution >= 0.6 is 0 Å². The highest BCUT2D eigenvalue weighted by molar-refractivity contribution is 7.91. The van der Waals surface area contributed by atoms with Crippen LogP contribution in [0.15, 0.2) is 47.6 Å². The summed E-state index contributed by atoms with van der Waals surface area (Å²) < 4.78 is 40.6.